The van der Waals surface area contributed by atoms with Gasteiger partial charge in [-0.1, -0.05) is 23.8 Å². The maximum atomic E-state index is 14.7. The first-order valence-electron chi connectivity index (χ1n) is 18.4. The molecule has 316 valence electrons. The summed E-state index contributed by atoms with van der Waals surface area (Å²) < 4.78 is 41.6. The van der Waals surface area contributed by atoms with Gasteiger partial charge < -0.3 is 89.3 Å². The fourth-order valence-corrected chi connectivity index (χ4v) is 7.12. The number of hydrogen-bond donors (Lipinski definition) is 11. The summed E-state index contributed by atoms with van der Waals surface area (Å²) in [6, 6.07) is 6.58. The molecule has 6 rings (SSSR count). The number of allylic oxidation sites excluding steroid dienone is 2. The van der Waals surface area contributed by atoms with Crippen molar-refractivity contribution in [1.29, 1.82) is 0 Å². The van der Waals surface area contributed by atoms with E-state index in [0.717, 1.165) is 11.6 Å². The highest BCUT2D eigenvalue weighted by Gasteiger charge is 2.53. The van der Waals surface area contributed by atoms with E-state index in [1.165, 1.54) is 38.1 Å². The second kappa shape index (κ2) is 17.4. The number of aliphatic hydroxyl groups excluding tert-OH is 9. The van der Waals surface area contributed by atoms with Gasteiger partial charge in [0, 0.05) is 11.6 Å². The smallest absolute Gasteiger partial charge is 0.229 e. The van der Waals surface area contributed by atoms with E-state index in [2.05, 4.69) is 0 Å². The second-order valence-corrected chi connectivity index (χ2v) is 14.9. The molecule has 2 aromatic carbocycles. The molecule has 3 fully saturated rings. The number of benzene rings is 2. The van der Waals surface area contributed by atoms with Gasteiger partial charge in [-0.25, -0.2) is 0 Å². The summed E-state index contributed by atoms with van der Waals surface area (Å²) in [4.78, 5) is 14.7. The Balaban J connectivity index is 1.41. The summed E-state index contributed by atoms with van der Waals surface area (Å²) >= 11 is 0. The lowest BCUT2D eigenvalue weighted by molar-refractivity contribution is -0.366. The molecule has 19 nitrogen and oxygen atoms in total. The molecule has 0 aliphatic carbocycles. The van der Waals surface area contributed by atoms with Crippen LogP contribution in [0.15, 0.2) is 42.0 Å². The topological polar surface area (TPSA) is 304 Å². The number of phenols is 2. The molecule has 0 radical (unpaired) electrons. The molecular weight excluding hydrogens is 760 g/mol. The summed E-state index contributed by atoms with van der Waals surface area (Å²) in [5.74, 6) is -2.03. The fourth-order valence-electron chi connectivity index (χ4n) is 7.12. The Labute approximate surface area is 326 Å². The van der Waals surface area contributed by atoms with Gasteiger partial charge in [0.2, 0.25) is 12.1 Å². The van der Waals surface area contributed by atoms with Crippen LogP contribution in [-0.2, 0) is 30.1 Å². The van der Waals surface area contributed by atoms with Crippen LogP contribution in [0.4, 0.5) is 0 Å². The van der Waals surface area contributed by atoms with Crippen molar-refractivity contribution in [2.45, 2.75) is 138 Å². The predicted octanol–water partition coefficient (Wildman–Crippen LogP) is -1.83. The minimum Gasteiger partial charge on any atom is -0.508 e. The van der Waals surface area contributed by atoms with E-state index in [4.69, 9.17) is 33.2 Å². The number of Topliss-reactive ketones (excluding diaryl/α,β-unsaturated/α-hetero) is 1. The Hall–Kier alpha value is -3.51. The zero-order valence-corrected chi connectivity index (χ0v) is 31.4. The minimum absolute atomic E-state index is 0.0186. The molecule has 57 heavy (non-hydrogen) atoms. The Bertz CT molecular complexity index is 1750. The average Bonchev–Trinajstić information content (AvgIpc) is 3.17. The van der Waals surface area contributed by atoms with Crippen molar-refractivity contribution in [3.05, 3.63) is 58.7 Å². The largest absolute Gasteiger partial charge is 0.508 e. The number of ketones is 1. The molecule has 17 atom stereocenters. The Morgan fingerprint density at radius 1 is 0.737 bits per heavy atom. The third kappa shape index (κ3) is 8.50. The number of aromatic hydroxyl groups is 2. The van der Waals surface area contributed by atoms with Crippen molar-refractivity contribution in [2.75, 3.05) is 6.61 Å². The average molecular weight is 811 g/mol. The third-order valence-electron chi connectivity index (χ3n) is 10.5. The molecule has 0 aromatic heterocycles. The van der Waals surface area contributed by atoms with Crippen LogP contribution in [0.2, 0.25) is 0 Å². The maximum absolute atomic E-state index is 14.7. The van der Waals surface area contributed by atoms with Crippen molar-refractivity contribution in [3.63, 3.8) is 0 Å². The molecule has 3 saturated heterocycles. The Kier molecular flexibility index (Phi) is 13.1. The maximum Gasteiger partial charge on any atom is 0.229 e. The van der Waals surface area contributed by atoms with E-state index in [0.29, 0.717) is 0 Å². The zero-order chi connectivity index (χ0) is 41.6. The summed E-state index contributed by atoms with van der Waals surface area (Å²) in [5, 5.41) is 116. The van der Waals surface area contributed by atoms with Crippen LogP contribution in [0.5, 0.6) is 23.0 Å². The van der Waals surface area contributed by atoms with Gasteiger partial charge in [0.1, 0.15) is 89.6 Å². The zero-order valence-electron chi connectivity index (χ0n) is 31.4. The van der Waals surface area contributed by atoms with Gasteiger partial charge in [0.15, 0.2) is 24.8 Å². The summed E-state index contributed by atoms with van der Waals surface area (Å²) in [6.45, 7) is 5.69. The van der Waals surface area contributed by atoms with Gasteiger partial charge in [-0.15, -0.1) is 0 Å². The number of ether oxygens (including phenoxy) is 7. The quantitative estimate of drug-likeness (QED) is 0.118. The molecule has 0 bridgehead atoms. The van der Waals surface area contributed by atoms with E-state index < -0.39 is 122 Å². The van der Waals surface area contributed by atoms with Gasteiger partial charge in [-0.2, -0.15) is 0 Å². The molecule has 19 heteroatoms. The van der Waals surface area contributed by atoms with Crippen LogP contribution in [0, 0.1) is 0 Å². The van der Waals surface area contributed by atoms with Crippen LogP contribution in [0.1, 0.15) is 55.3 Å². The highest BCUT2D eigenvalue weighted by Crippen LogP contribution is 2.48. The lowest BCUT2D eigenvalue weighted by Crippen LogP contribution is -2.64. The predicted molar refractivity (Wildman–Crippen MR) is 190 cm³/mol. The molecule has 11 N–H and O–H groups in total. The Morgan fingerprint density at radius 2 is 1.33 bits per heavy atom. The Morgan fingerprint density at radius 3 is 1.96 bits per heavy atom. The molecule has 17 unspecified atom stereocenters. The van der Waals surface area contributed by atoms with Crippen molar-refractivity contribution in [2.24, 2.45) is 0 Å². The first-order valence-corrected chi connectivity index (χ1v) is 18.4. The van der Waals surface area contributed by atoms with Crippen LogP contribution >= 0.6 is 0 Å². The number of fused-ring (bicyclic) bond motifs is 1. The molecule has 4 aliphatic rings. The SMILES string of the molecule is CC(C)=CCc1c(OC2OC(CO)C(O)C(O)C2O)cc(O)c2c1OC(c1ccc(O)cc1)C(OC1OC(C)C(O)C(O)C1OC1OC(C)C(O)C(O)C1O)C2=O. The monoisotopic (exact) mass is 810 g/mol. The van der Waals surface area contributed by atoms with Crippen LogP contribution in [-0.4, -0.2) is 167 Å². The molecule has 4 heterocycles. The molecule has 4 aliphatic heterocycles. The third-order valence-corrected chi connectivity index (χ3v) is 10.5. The number of rotatable bonds is 10. The van der Waals surface area contributed by atoms with Gasteiger partial charge in [0.05, 0.1) is 18.8 Å². The number of carbonyl (C=O) groups excluding carboxylic acids is 1. The van der Waals surface area contributed by atoms with Crippen molar-refractivity contribution in [1.82, 2.24) is 0 Å². The summed E-state index contributed by atoms with van der Waals surface area (Å²) in [7, 11) is 0. The van der Waals surface area contributed by atoms with Gasteiger partial charge >= 0.3 is 0 Å². The molecule has 2 aromatic rings. The number of hydrogen-bond acceptors (Lipinski definition) is 19. The number of carbonyl (C=O) groups is 1. The van der Waals surface area contributed by atoms with E-state index in [9.17, 15) is 61.0 Å². The van der Waals surface area contributed by atoms with Crippen molar-refractivity contribution >= 4 is 5.78 Å². The second-order valence-electron chi connectivity index (χ2n) is 14.9. The lowest BCUT2D eigenvalue weighted by Gasteiger charge is -2.46. The summed E-state index contributed by atoms with van der Waals surface area (Å²) in [5.41, 5.74) is 0.876. The lowest BCUT2D eigenvalue weighted by atomic mass is 9.89. The van der Waals surface area contributed by atoms with E-state index in [1.807, 2.05) is 0 Å². The van der Waals surface area contributed by atoms with E-state index in [1.54, 1.807) is 19.9 Å². The molecule has 0 spiro atoms. The highest BCUT2D eigenvalue weighted by atomic mass is 16.8. The minimum atomic E-state index is -1.83. The molecule has 0 amide bonds. The normalized spacial score (nSPS) is 39.5. The van der Waals surface area contributed by atoms with Crippen molar-refractivity contribution in [3.8, 4) is 23.0 Å². The number of aliphatic hydroxyl groups is 9. The standard InChI is InChI=1S/C38H50O19/c1-13(2)5-10-18-20(53-37-31(50)28(47)25(44)21(12-39)54-37)11-19(41)22-26(45)34(32(55-33(18)22)16-6-8-17(40)9-7-16)56-38-35(29(48)24(43)15(4)52-38)57-36-30(49)27(46)23(42)14(3)51-36/h5-9,11,14-15,21,23-25,27-32,34-44,46-50H,10,12H2,1-4H3. The fraction of sp³-hybridized carbons (Fsp3) is 0.605. The van der Waals surface area contributed by atoms with Crippen LogP contribution in [0.3, 0.4) is 0 Å². The highest BCUT2D eigenvalue weighted by molar-refractivity contribution is 6.06. The summed E-state index contributed by atoms with van der Waals surface area (Å²) in [6.07, 6.45) is -25.2. The first-order chi connectivity index (χ1) is 26.9. The van der Waals surface area contributed by atoms with Crippen molar-refractivity contribution < 1.29 is 94.1 Å². The van der Waals surface area contributed by atoms with E-state index >= 15 is 0 Å². The molecular formula is C38H50O19. The van der Waals surface area contributed by atoms with Gasteiger partial charge in [-0.05, 0) is 51.8 Å². The van der Waals surface area contributed by atoms with Gasteiger partial charge in [-0.3, -0.25) is 4.79 Å². The molecule has 0 saturated carbocycles. The van der Waals surface area contributed by atoms with Crippen LogP contribution in [0.25, 0.3) is 0 Å². The van der Waals surface area contributed by atoms with Gasteiger partial charge in [0.25, 0.3) is 0 Å². The first kappa shape index (κ1) is 43.1. The van der Waals surface area contributed by atoms with E-state index in [-0.39, 0.29) is 40.4 Å². The number of phenolic OH excluding ortho intramolecular Hbond substituents is 2. The van der Waals surface area contributed by atoms with Crippen LogP contribution < -0.4 is 9.47 Å².